The first kappa shape index (κ1) is 15.0. The van der Waals surface area contributed by atoms with Gasteiger partial charge in [0.1, 0.15) is 11.5 Å². The highest BCUT2D eigenvalue weighted by Crippen LogP contribution is 2.25. The smallest absolute Gasteiger partial charge is 0.157 e. The van der Waals surface area contributed by atoms with Gasteiger partial charge in [-0.05, 0) is 6.42 Å². The summed E-state index contributed by atoms with van der Waals surface area (Å²) in [6.07, 6.45) is 4.84. The minimum atomic E-state index is 0.240. The summed E-state index contributed by atoms with van der Waals surface area (Å²) in [5.41, 5.74) is 6.31. The van der Waals surface area contributed by atoms with Crippen molar-refractivity contribution >= 4 is 23.1 Å². The van der Waals surface area contributed by atoms with Crippen LogP contribution in [0.3, 0.4) is 0 Å². The van der Waals surface area contributed by atoms with E-state index in [1.165, 1.54) is 19.3 Å². The summed E-state index contributed by atoms with van der Waals surface area (Å²) in [6.45, 7) is 7.14. The van der Waals surface area contributed by atoms with Crippen LogP contribution in [0.2, 0.25) is 5.15 Å². The number of nitrogens with one attached hydrogen (secondary N) is 1. The molecule has 0 aliphatic heterocycles. The quantitative estimate of drug-likeness (QED) is 0.584. The third-order valence-electron chi connectivity index (χ3n) is 2.76. The predicted octanol–water partition coefficient (Wildman–Crippen LogP) is 3.83. The monoisotopic (exact) mass is 270 g/mol. The summed E-state index contributed by atoms with van der Waals surface area (Å²) in [6, 6.07) is 0. The number of rotatable bonds is 7. The normalized spacial score (nSPS) is 10.9. The van der Waals surface area contributed by atoms with Crippen LogP contribution in [0.5, 0.6) is 0 Å². The van der Waals surface area contributed by atoms with Crippen molar-refractivity contribution < 1.29 is 0 Å². The SMILES string of the molecule is CCCCCCNc1nc(C(C)C)nc(Cl)c1N. The first-order valence-corrected chi connectivity index (χ1v) is 7.00. The van der Waals surface area contributed by atoms with Gasteiger partial charge in [-0.25, -0.2) is 9.97 Å². The van der Waals surface area contributed by atoms with Crippen molar-refractivity contribution in [3.63, 3.8) is 0 Å². The third-order valence-corrected chi connectivity index (χ3v) is 3.04. The van der Waals surface area contributed by atoms with Gasteiger partial charge in [0.25, 0.3) is 0 Å². The molecule has 1 rings (SSSR count). The van der Waals surface area contributed by atoms with E-state index in [1.54, 1.807) is 0 Å². The number of nitrogens with two attached hydrogens (primary N) is 1. The fourth-order valence-corrected chi connectivity index (χ4v) is 1.79. The molecule has 3 N–H and O–H groups in total. The zero-order chi connectivity index (χ0) is 13.5. The molecular weight excluding hydrogens is 248 g/mol. The van der Waals surface area contributed by atoms with E-state index in [0.29, 0.717) is 16.7 Å². The zero-order valence-corrected chi connectivity index (χ0v) is 12.2. The minimum absolute atomic E-state index is 0.240. The maximum atomic E-state index is 6.01. The Morgan fingerprint density at radius 2 is 1.94 bits per heavy atom. The fourth-order valence-electron chi connectivity index (χ4n) is 1.61. The first-order valence-electron chi connectivity index (χ1n) is 6.63. The minimum Gasteiger partial charge on any atom is -0.393 e. The maximum absolute atomic E-state index is 6.01. The van der Waals surface area contributed by atoms with Crippen molar-refractivity contribution in [3.8, 4) is 0 Å². The van der Waals surface area contributed by atoms with Crippen molar-refractivity contribution in [2.75, 3.05) is 17.6 Å². The van der Waals surface area contributed by atoms with Crippen molar-refractivity contribution in [1.29, 1.82) is 0 Å². The summed E-state index contributed by atoms with van der Waals surface area (Å²) in [4.78, 5) is 8.60. The fraction of sp³-hybridized carbons (Fsp3) is 0.692. The van der Waals surface area contributed by atoms with Crippen LogP contribution in [0.1, 0.15) is 58.2 Å². The van der Waals surface area contributed by atoms with Gasteiger partial charge in [-0.2, -0.15) is 0 Å². The van der Waals surface area contributed by atoms with Crippen molar-refractivity contribution in [3.05, 3.63) is 11.0 Å². The largest absolute Gasteiger partial charge is 0.393 e. The zero-order valence-electron chi connectivity index (χ0n) is 11.5. The Labute approximate surface area is 114 Å². The average Bonchev–Trinajstić information content (AvgIpc) is 2.33. The molecule has 102 valence electrons. The third kappa shape index (κ3) is 4.33. The number of aromatic nitrogens is 2. The lowest BCUT2D eigenvalue weighted by Crippen LogP contribution is -2.10. The summed E-state index contributed by atoms with van der Waals surface area (Å²) in [5.74, 6) is 1.63. The number of nitrogen functional groups attached to an aromatic ring is 1. The van der Waals surface area contributed by atoms with Gasteiger partial charge in [0.2, 0.25) is 0 Å². The molecule has 0 saturated heterocycles. The summed E-state index contributed by atoms with van der Waals surface area (Å²) < 4.78 is 0. The van der Waals surface area contributed by atoms with Gasteiger partial charge in [-0.15, -0.1) is 0 Å². The van der Waals surface area contributed by atoms with E-state index in [0.717, 1.165) is 18.8 Å². The Kier molecular flexibility index (Phi) is 6.19. The lowest BCUT2D eigenvalue weighted by Gasteiger charge is -2.12. The van der Waals surface area contributed by atoms with Crippen LogP contribution in [-0.4, -0.2) is 16.5 Å². The standard InChI is InChI=1S/C13H23ClN4/c1-4-5-6-7-8-16-13-10(15)11(14)17-12(18-13)9(2)3/h9H,4-8,15H2,1-3H3,(H,16,17,18). The van der Waals surface area contributed by atoms with Gasteiger partial charge in [0.15, 0.2) is 11.0 Å². The van der Waals surface area contributed by atoms with Crippen LogP contribution in [0.15, 0.2) is 0 Å². The Hall–Kier alpha value is -1.03. The molecule has 18 heavy (non-hydrogen) atoms. The molecule has 1 heterocycles. The van der Waals surface area contributed by atoms with E-state index in [4.69, 9.17) is 17.3 Å². The molecule has 1 aromatic heterocycles. The molecule has 0 saturated carbocycles. The molecule has 0 bridgehead atoms. The van der Waals surface area contributed by atoms with E-state index < -0.39 is 0 Å². The number of anilines is 2. The Morgan fingerprint density at radius 3 is 2.56 bits per heavy atom. The lowest BCUT2D eigenvalue weighted by molar-refractivity contribution is 0.683. The molecule has 0 amide bonds. The van der Waals surface area contributed by atoms with E-state index >= 15 is 0 Å². The summed E-state index contributed by atoms with van der Waals surface area (Å²) in [5, 5.41) is 3.59. The second-order valence-electron chi connectivity index (χ2n) is 4.78. The van der Waals surface area contributed by atoms with Crippen LogP contribution in [0.25, 0.3) is 0 Å². The van der Waals surface area contributed by atoms with Crippen LogP contribution in [0, 0.1) is 0 Å². The van der Waals surface area contributed by atoms with Crippen molar-refractivity contribution in [2.24, 2.45) is 0 Å². The molecule has 0 aliphatic rings. The van der Waals surface area contributed by atoms with E-state index in [2.05, 4.69) is 22.2 Å². The predicted molar refractivity (Wildman–Crippen MR) is 78.2 cm³/mol. The second-order valence-corrected chi connectivity index (χ2v) is 5.14. The van der Waals surface area contributed by atoms with Gasteiger partial charge in [-0.3, -0.25) is 0 Å². The van der Waals surface area contributed by atoms with Gasteiger partial charge in [0.05, 0.1) is 0 Å². The molecule has 0 aromatic carbocycles. The van der Waals surface area contributed by atoms with E-state index in [1.807, 2.05) is 13.8 Å². The topological polar surface area (TPSA) is 63.8 Å². The number of unbranched alkanes of at least 4 members (excludes halogenated alkanes) is 3. The molecule has 0 unspecified atom stereocenters. The van der Waals surface area contributed by atoms with Crippen LogP contribution in [-0.2, 0) is 0 Å². The first-order chi connectivity index (χ1) is 8.56. The Balaban J connectivity index is 2.63. The summed E-state index contributed by atoms with van der Waals surface area (Å²) in [7, 11) is 0. The van der Waals surface area contributed by atoms with E-state index in [-0.39, 0.29) is 5.92 Å². The Bertz CT molecular complexity index is 379. The van der Waals surface area contributed by atoms with Crippen molar-refractivity contribution in [2.45, 2.75) is 52.4 Å². The van der Waals surface area contributed by atoms with Crippen molar-refractivity contribution in [1.82, 2.24) is 9.97 Å². The van der Waals surface area contributed by atoms with Crippen LogP contribution >= 0.6 is 11.6 Å². The molecule has 0 fully saturated rings. The van der Waals surface area contributed by atoms with Gasteiger partial charge >= 0.3 is 0 Å². The molecule has 0 aliphatic carbocycles. The molecule has 5 heteroatoms. The number of hydrogen-bond donors (Lipinski definition) is 2. The highest BCUT2D eigenvalue weighted by Gasteiger charge is 2.11. The van der Waals surface area contributed by atoms with Gasteiger partial charge in [0, 0.05) is 12.5 Å². The van der Waals surface area contributed by atoms with Gasteiger partial charge < -0.3 is 11.1 Å². The number of hydrogen-bond acceptors (Lipinski definition) is 4. The van der Waals surface area contributed by atoms with Crippen LogP contribution < -0.4 is 11.1 Å². The molecule has 0 atom stereocenters. The molecule has 0 radical (unpaired) electrons. The number of halogens is 1. The molecule has 4 nitrogen and oxygen atoms in total. The highest BCUT2D eigenvalue weighted by atomic mass is 35.5. The highest BCUT2D eigenvalue weighted by molar-refractivity contribution is 6.32. The Morgan fingerprint density at radius 1 is 1.22 bits per heavy atom. The number of nitrogens with zero attached hydrogens (tertiary/aromatic N) is 2. The summed E-state index contributed by atoms with van der Waals surface area (Å²) >= 11 is 6.01. The second kappa shape index (κ2) is 7.41. The maximum Gasteiger partial charge on any atom is 0.157 e. The average molecular weight is 271 g/mol. The van der Waals surface area contributed by atoms with E-state index in [9.17, 15) is 0 Å². The molecule has 0 spiro atoms. The molecular formula is C13H23ClN4. The lowest BCUT2D eigenvalue weighted by atomic mass is 10.2. The van der Waals surface area contributed by atoms with Gasteiger partial charge in [-0.1, -0.05) is 51.6 Å². The van der Waals surface area contributed by atoms with Crippen LogP contribution in [0.4, 0.5) is 11.5 Å². The molecule has 1 aromatic rings.